The molecule has 0 amide bonds. The predicted octanol–water partition coefficient (Wildman–Crippen LogP) is 1.74. The highest BCUT2D eigenvalue weighted by molar-refractivity contribution is 6.30. The quantitative estimate of drug-likeness (QED) is 0.476. The molecule has 0 saturated carbocycles. The largest absolute Gasteiger partial charge is 0.0830 e. The molecule has 0 spiro atoms. The minimum Gasteiger partial charge on any atom is -0.0830 e. The van der Waals surface area contributed by atoms with Gasteiger partial charge in [0.05, 0.1) is 5.02 Å². The van der Waals surface area contributed by atoms with Gasteiger partial charge in [-0.15, -0.1) is 0 Å². The van der Waals surface area contributed by atoms with Crippen molar-refractivity contribution in [3.63, 3.8) is 0 Å². The van der Waals surface area contributed by atoms with E-state index in [4.69, 9.17) is 11.6 Å². The Kier molecular flexibility index (Phi) is 1.32. The van der Waals surface area contributed by atoms with Gasteiger partial charge in [-0.3, -0.25) is 0 Å². The molecule has 0 fully saturated rings. The molecule has 0 unspecified atom stereocenters. The van der Waals surface area contributed by atoms with E-state index < -0.39 is 0 Å². The van der Waals surface area contributed by atoms with Crippen molar-refractivity contribution in [2.75, 3.05) is 0 Å². The van der Waals surface area contributed by atoms with Gasteiger partial charge >= 0.3 is 0 Å². The van der Waals surface area contributed by atoms with Gasteiger partial charge in [0.1, 0.15) is 0 Å². The van der Waals surface area contributed by atoms with Crippen LogP contribution in [0.4, 0.5) is 0 Å². The summed E-state index contributed by atoms with van der Waals surface area (Å²) >= 11 is 5.40. The maximum atomic E-state index is 5.40. The van der Waals surface area contributed by atoms with Crippen LogP contribution in [-0.2, 0) is 0 Å². The van der Waals surface area contributed by atoms with Crippen LogP contribution < -0.4 is 0 Å². The predicted molar refractivity (Wildman–Crippen MR) is 28.0 cm³/mol. The van der Waals surface area contributed by atoms with E-state index in [1.807, 2.05) is 0 Å². The SMILES string of the molecule is Clc1[c][c]cc[c]1. The molecule has 0 aromatic heterocycles. The topological polar surface area (TPSA) is 0 Å². The molecule has 1 heteroatoms. The van der Waals surface area contributed by atoms with Crippen LogP contribution in [0.1, 0.15) is 0 Å². The molecule has 33 valence electrons. The molecule has 0 nitrogen and oxygen atoms in total. The smallest absolute Gasteiger partial charge is 0.0570 e. The van der Waals surface area contributed by atoms with Crippen molar-refractivity contribution in [2.45, 2.75) is 0 Å². The lowest BCUT2D eigenvalue weighted by molar-refractivity contribution is 1.66. The van der Waals surface area contributed by atoms with Crippen LogP contribution in [0.3, 0.4) is 0 Å². The van der Waals surface area contributed by atoms with Crippen molar-refractivity contribution < 1.29 is 0 Å². The van der Waals surface area contributed by atoms with Gasteiger partial charge in [-0.2, -0.15) is 0 Å². The Labute approximate surface area is 47.7 Å². The molecule has 0 aliphatic heterocycles. The van der Waals surface area contributed by atoms with Crippen molar-refractivity contribution in [2.24, 2.45) is 0 Å². The second kappa shape index (κ2) is 1.99. The van der Waals surface area contributed by atoms with Crippen LogP contribution in [-0.4, -0.2) is 0 Å². The maximum absolute atomic E-state index is 5.40. The van der Waals surface area contributed by atoms with Crippen LogP contribution in [0.2, 0.25) is 5.02 Å². The van der Waals surface area contributed by atoms with E-state index in [-0.39, 0.29) is 0 Å². The van der Waals surface area contributed by atoms with E-state index in [0.29, 0.717) is 5.02 Å². The molecule has 0 aliphatic rings. The molecule has 3 radical (unpaired) electrons. The monoisotopic (exact) mass is 109 g/mol. The Morgan fingerprint density at radius 3 is 2.57 bits per heavy atom. The van der Waals surface area contributed by atoms with Crippen molar-refractivity contribution in [1.29, 1.82) is 0 Å². The van der Waals surface area contributed by atoms with E-state index in [1.54, 1.807) is 12.1 Å². The van der Waals surface area contributed by atoms with E-state index in [1.165, 1.54) is 0 Å². The summed E-state index contributed by atoms with van der Waals surface area (Å²) in [5.41, 5.74) is 0. The summed E-state index contributed by atoms with van der Waals surface area (Å²) in [6.45, 7) is 0. The highest BCUT2D eigenvalue weighted by atomic mass is 35.5. The fraction of sp³-hybridized carbons (Fsp3) is 0. The summed E-state index contributed by atoms with van der Waals surface area (Å²) in [6.07, 6.45) is 0. The first-order valence-electron chi connectivity index (χ1n) is 1.85. The van der Waals surface area contributed by atoms with Crippen LogP contribution in [0, 0.1) is 18.2 Å². The van der Waals surface area contributed by atoms with Crippen LogP contribution in [0.5, 0.6) is 0 Å². The Morgan fingerprint density at radius 2 is 2.29 bits per heavy atom. The third kappa shape index (κ3) is 1.20. The fourth-order valence-corrected chi connectivity index (χ4v) is 0.415. The number of hydrogen-bond donors (Lipinski definition) is 0. The summed E-state index contributed by atoms with van der Waals surface area (Å²) in [5.74, 6) is 0. The molecule has 0 atom stereocenters. The second-order valence-corrected chi connectivity index (χ2v) is 1.44. The molecule has 0 bridgehead atoms. The van der Waals surface area contributed by atoms with Gasteiger partial charge in [0, 0.05) is 12.1 Å². The van der Waals surface area contributed by atoms with E-state index in [9.17, 15) is 0 Å². The first kappa shape index (κ1) is 4.66. The minimum atomic E-state index is 0.488. The van der Waals surface area contributed by atoms with Gasteiger partial charge in [-0.1, -0.05) is 23.7 Å². The van der Waals surface area contributed by atoms with Gasteiger partial charge in [0.2, 0.25) is 0 Å². The first-order valence-corrected chi connectivity index (χ1v) is 2.23. The maximum Gasteiger partial charge on any atom is 0.0570 e. The number of hydrogen-bond acceptors (Lipinski definition) is 0. The zero-order valence-corrected chi connectivity index (χ0v) is 4.29. The zero-order chi connectivity index (χ0) is 5.11. The average molecular weight is 110 g/mol. The standard InChI is InChI=1S/C6H2Cl/c7-6-4-2-1-3-5-6/h1-2H. The van der Waals surface area contributed by atoms with E-state index >= 15 is 0 Å². The number of halogens is 1. The van der Waals surface area contributed by atoms with E-state index in [2.05, 4.69) is 18.2 Å². The lowest BCUT2D eigenvalue weighted by Gasteiger charge is -1.77. The van der Waals surface area contributed by atoms with Crippen molar-refractivity contribution in [3.05, 3.63) is 35.4 Å². The van der Waals surface area contributed by atoms with Gasteiger partial charge in [0.25, 0.3) is 0 Å². The minimum absolute atomic E-state index is 0.488. The molecule has 0 saturated heterocycles. The highest BCUT2D eigenvalue weighted by Crippen LogP contribution is 2.00. The van der Waals surface area contributed by atoms with Crippen molar-refractivity contribution in [3.8, 4) is 0 Å². The van der Waals surface area contributed by atoms with Crippen LogP contribution in [0.15, 0.2) is 12.1 Å². The molecule has 1 aromatic carbocycles. The molecular weight excluding hydrogens is 108 g/mol. The summed E-state index contributed by atoms with van der Waals surface area (Å²) < 4.78 is 0. The normalized spacial score (nSPS) is 8.71. The van der Waals surface area contributed by atoms with Gasteiger partial charge in [-0.05, 0) is 6.07 Å². The molecule has 1 rings (SSSR count). The second-order valence-electron chi connectivity index (χ2n) is 1.06. The molecule has 0 aliphatic carbocycles. The fourth-order valence-electron chi connectivity index (χ4n) is 0.298. The third-order valence-electron chi connectivity index (χ3n) is 0.559. The third-order valence-corrected chi connectivity index (χ3v) is 0.762. The van der Waals surface area contributed by atoms with Crippen LogP contribution in [0.25, 0.3) is 0 Å². The highest BCUT2D eigenvalue weighted by Gasteiger charge is 1.77. The van der Waals surface area contributed by atoms with Crippen molar-refractivity contribution >= 4 is 11.6 Å². The number of benzene rings is 1. The summed E-state index contributed by atoms with van der Waals surface area (Å²) in [7, 11) is 0. The van der Waals surface area contributed by atoms with Crippen LogP contribution >= 0.6 is 11.6 Å². The zero-order valence-electron chi connectivity index (χ0n) is 3.53. The Hall–Kier alpha value is -0.490. The van der Waals surface area contributed by atoms with Gasteiger partial charge in [0.15, 0.2) is 0 Å². The molecular formula is C6H2Cl. The average Bonchev–Trinajstić information content (AvgIpc) is 1.69. The Balaban J connectivity index is 3.02. The summed E-state index contributed by atoms with van der Waals surface area (Å²) in [5, 5.41) is 0.488. The summed E-state index contributed by atoms with van der Waals surface area (Å²) in [4.78, 5) is 0. The first-order chi connectivity index (χ1) is 3.39. The summed E-state index contributed by atoms with van der Waals surface area (Å²) in [6, 6.07) is 11.4. The molecule has 0 N–H and O–H groups in total. The molecule has 1 aromatic rings. The van der Waals surface area contributed by atoms with Crippen molar-refractivity contribution in [1.82, 2.24) is 0 Å². The Bertz CT molecular complexity index is 134. The molecule has 0 heterocycles. The lowest BCUT2D eigenvalue weighted by Crippen LogP contribution is -1.58. The van der Waals surface area contributed by atoms with Gasteiger partial charge in [-0.25, -0.2) is 0 Å². The number of rotatable bonds is 0. The Morgan fingerprint density at radius 1 is 1.43 bits per heavy atom. The van der Waals surface area contributed by atoms with Gasteiger partial charge < -0.3 is 0 Å². The molecule has 7 heavy (non-hydrogen) atoms. The lowest BCUT2D eigenvalue weighted by atomic mass is 10.4. The van der Waals surface area contributed by atoms with E-state index in [0.717, 1.165) is 0 Å².